The number of carboxylic acid groups (broad SMARTS) is 1. The lowest BCUT2D eigenvalue weighted by Gasteiger charge is -2.06. The van der Waals surface area contributed by atoms with Gasteiger partial charge in [0.2, 0.25) is 0 Å². The summed E-state index contributed by atoms with van der Waals surface area (Å²) in [5, 5.41) is 20.6. The van der Waals surface area contributed by atoms with Crippen LogP contribution in [0.1, 0.15) is 42.5 Å². The van der Waals surface area contributed by atoms with Gasteiger partial charge in [0.05, 0.1) is 11.8 Å². The van der Waals surface area contributed by atoms with Crippen LogP contribution in [0.15, 0.2) is 18.5 Å². The van der Waals surface area contributed by atoms with E-state index in [9.17, 15) is 14.7 Å². The summed E-state index contributed by atoms with van der Waals surface area (Å²) in [6, 6.07) is 1.46. The lowest BCUT2D eigenvalue weighted by atomic mass is 10.1. The van der Waals surface area contributed by atoms with Gasteiger partial charge in [-0.3, -0.25) is 14.6 Å². The number of carbonyl (C=O) groups is 2. The Hall–Kier alpha value is -2.11. The van der Waals surface area contributed by atoms with Crippen molar-refractivity contribution in [3.63, 3.8) is 0 Å². The van der Waals surface area contributed by atoms with E-state index in [2.05, 4.69) is 10.3 Å². The Morgan fingerprint density at radius 1 is 1.21 bits per heavy atom. The van der Waals surface area contributed by atoms with Crippen LogP contribution in [0.5, 0.6) is 5.75 Å². The van der Waals surface area contributed by atoms with Crippen LogP contribution in [0.2, 0.25) is 0 Å². The molecule has 0 fully saturated rings. The lowest BCUT2D eigenvalue weighted by molar-refractivity contribution is -0.137. The fourth-order valence-corrected chi connectivity index (χ4v) is 1.63. The number of rotatable bonds is 8. The highest BCUT2D eigenvalue weighted by Gasteiger charge is 2.09. The second-order valence-corrected chi connectivity index (χ2v) is 4.21. The van der Waals surface area contributed by atoms with E-state index in [-0.39, 0.29) is 23.6 Å². The number of aliphatic carboxylic acids is 1. The standard InChI is InChI=1S/C13H18N2O4/c16-11-9-14-8-6-10(11)13(19)15-7-4-2-1-3-5-12(17)18/h6,8-9,16H,1-5,7H2,(H,15,19)(H,17,18). The average Bonchev–Trinajstić information content (AvgIpc) is 2.37. The van der Waals surface area contributed by atoms with Crippen LogP contribution >= 0.6 is 0 Å². The minimum Gasteiger partial charge on any atom is -0.505 e. The maximum atomic E-state index is 11.7. The van der Waals surface area contributed by atoms with Crippen molar-refractivity contribution in [2.24, 2.45) is 0 Å². The van der Waals surface area contributed by atoms with Gasteiger partial charge in [0, 0.05) is 19.2 Å². The summed E-state index contributed by atoms with van der Waals surface area (Å²) < 4.78 is 0. The van der Waals surface area contributed by atoms with Crippen LogP contribution < -0.4 is 5.32 Å². The molecule has 0 radical (unpaired) electrons. The molecule has 0 spiro atoms. The molecule has 0 saturated heterocycles. The van der Waals surface area contributed by atoms with Crippen molar-refractivity contribution in [3.05, 3.63) is 24.0 Å². The first-order valence-electron chi connectivity index (χ1n) is 6.24. The number of aromatic hydroxyl groups is 1. The fourth-order valence-electron chi connectivity index (χ4n) is 1.63. The summed E-state index contributed by atoms with van der Waals surface area (Å²) in [5.41, 5.74) is 0.209. The Morgan fingerprint density at radius 2 is 1.95 bits per heavy atom. The molecule has 0 bridgehead atoms. The molecule has 6 heteroatoms. The van der Waals surface area contributed by atoms with E-state index >= 15 is 0 Å². The van der Waals surface area contributed by atoms with Crippen LogP contribution in [0.3, 0.4) is 0 Å². The van der Waals surface area contributed by atoms with Crippen molar-refractivity contribution in [2.45, 2.75) is 32.1 Å². The Labute approximate surface area is 111 Å². The van der Waals surface area contributed by atoms with Crippen LogP contribution in [0.25, 0.3) is 0 Å². The van der Waals surface area contributed by atoms with E-state index < -0.39 is 5.97 Å². The highest BCUT2D eigenvalue weighted by Crippen LogP contribution is 2.13. The van der Waals surface area contributed by atoms with Crippen LogP contribution in [0, 0.1) is 0 Å². The predicted molar refractivity (Wildman–Crippen MR) is 69.0 cm³/mol. The number of nitrogens with one attached hydrogen (secondary N) is 1. The van der Waals surface area contributed by atoms with Gasteiger partial charge >= 0.3 is 5.97 Å². The number of carbonyl (C=O) groups excluding carboxylic acids is 1. The third kappa shape index (κ3) is 5.85. The molecule has 0 saturated carbocycles. The summed E-state index contributed by atoms with van der Waals surface area (Å²) in [6.45, 7) is 0.508. The van der Waals surface area contributed by atoms with Crippen LogP contribution in [0.4, 0.5) is 0 Å². The smallest absolute Gasteiger partial charge is 0.303 e. The first-order valence-corrected chi connectivity index (χ1v) is 6.24. The molecule has 104 valence electrons. The average molecular weight is 266 g/mol. The molecule has 0 aliphatic carbocycles. The third-order valence-corrected chi connectivity index (χ3v) is 2.65. The van der Waals surface area contributed by atoms with E-state index in [4.69, 9.17) is 5.11 Å². The highest BCUT2D eigenvalue weighted by molar-refractivity contribution is 5.96. The minimum absolute atomic E-state index is 0.138. The Balaban J connectivity index is 2.15. The van der Waals surface area contributed by atoms with Gasteiger partial charge in [0.25, 0.3) is 5.91 Å². The minimum atomic E-state index is -0.776. The number of carboxylic acids is 1. The molecular formula is C13H18N2O4. The molecule has 3 N–H and O–H groups in total. The van der Waals surface area contributed by atoms with Gasteiger partial charge in [-0.25, -0.2) is 0 Å². The van der Waals surface area contributed by atoms with Gasteiger partial charge in [-0.05, 0) is 18.9 Å². The number of hydrogen-bond donors (Lipinski definition) is 3. The molecule has 0 aliphatic heterocycles. The van der Waals surface area contributed by atoms with Crippen molar-refractivity contribution in [3.8, 4) is 5.75 Å². The number of unbranched alkanes of at least 4 members (excludes halogenated alkanes) is 3. The zero-order chi connectivity index (χ0) is 14.1. The molecule has 0 unspecified atom stereocenters. The molecule has 1 aromatic heterocycles. The monoisotopic (exact) mass is 266 g/mol. The molecule has 1 rings (SSSR count). The number of aromatic nitrogens is 1. The topological polar surface area (TPSA) is 99.5 Å². The normalized spacial score (nSPS) is 10.1. The fraction of sp³-hybridized carbons (Fsp3) is 0.462. The quantitative estimate of drug-likeness (QED) is 0.620. The summed E-state index contributed by atoms with van der Waals surface area (Å²) >= 11 is 0. The zero-order valence-corrected chi connectivity index (χ0v) is 10.6. The maximum Gasteiger partial charge on any atom is 0.303 e. The highest BCUT2D eigenvalue weighted by atomic mass is 16.4. The van der Waals surface area contributed by atoms with Gasteiger partial charge in [-0.2, -0.15) is 0 Å². The summed E-state index contributed by atoms with van der Waals surface area (Å²) in [7, 11) is 0. The third-order valence-electron chi connectivity index (χ3n) is 2.65. The number of amides is 1. The second kappa shape index (κ2) is 8.07. The molecular weight excluding hydrogens is 248 g/mol. The first kappa shape index (κ1) is 14.9. The molecule has 0 atom stereocenters. The molecule has 0 aliphatic rings. The Kier molecular flexibility index (Phi) is 6.35. The maximum absolute atomic E-state index is 11.7. The van der Waals surface area contributed by atoms with Gasteiger partial charge in [0.15, 0.2) is 0 Å². The molecule has 1 heterocycles. The largest absolute Gasteiger partial charge is 0.505 e. The van der Waals surface area contributed by atoms with Crippen LogP contribution in [-0.4, -0.2) is 33.6 Å². The van der Waals surface area contributed by atoms with Crippen LogP contribution in [-0.2, 0) is 4.79 Å². The predicted octanol–water partition coefficient (Wildman–Crippen LogP) is 1.55. The SMILES string of the molecule is O=C(O)CCCCCCNC(=O)c1ccncc1O. The first-order chi connectivity index (χ1) is 9.11. The lowest BCUT2D eigenvalue weighted by Crippen LogP contribution is -2.24. The molecule has 0 aromatic carbocycles. The van der Waals surface area contributed by atoms with Gasteiger partial charge < -0.3 is 15.5 Å². The number of pyridine rings is 1. The summed E-state index contributed by atoms with van der Waals surface area (Å²) in [6.07, 6.45) is 6.02. The van der Waals surface area contributed by atoms with E-state index in [0.717, 1.165) is 19.3 Å². The Bertz CT molecular complexity index is 434. The van der Waals surface area contributed by atoms with E-state index in [1.54, 1.807) is 0 Å². The van der Waals surface area contributed by atoms with Gasteiger partial charge in [-0.1, -0.05) is 12.8 Å². The Morgan fingerprint density at radius 3 is 2.63 bits per heavy atom. The van der Waals surface area contributed by atoms with E-state index in [1.807, 2.05) is 0 Å². The zero-order valence-electron chi connectivity index (χ0n) is 10.6. The van der Waals surface area contributed by atoms with E-state index in [1.165, 1.54) is 18.5 Å². The molecule has 19 heavy (non-hydrogen) atoms. The molecule has 1 aromatic rings. The number of nitrogens with zero attached hydrogens (tertiary/aromatic N) is 1. The van der Waals surface area contributed by atoms with Crippen molar-refractivity contribution >= 4 is 11.9 Å². The second-order valence-electron chi connectivity index (χ2n) is 4.21. The number of hydrogen-bond acceptors (Lipinski definition) is 4. The molecule has 1 amide bonds. The van der Waals surface area contributed by atoms with Crippen molar-refractivity contribution in [1.82, 2.24) is 10.3 Å². The molecule has 6 nitrogen and oxygen atoms in total. The summed E-state index contributed by atoms with van der Waals surface area (Å²) in [4.78, 5) is 25.6. The van der Waals surface area contributed by atoms with Crippen molar-refractivity contribution in [2.75, 3.05) is 6.54 Å². The van der Waals surface area contributed by atoms with Gasteiger partial charge in [-0.15, -0.1) is 0 Å². The van der Waals surface area contributed by atoms with Crippen molar-refractivity contribution in [1.29, 1.82) is 0 Å². The summed E-state index contributed by atoms with van der Waals surface area (Å²) in [5.74, 6) is -1.24. The van der Waals surface area contributed by atoms with Gasteiger partial charge in [0.1, 0.15) is 5.75 Å². The van der Waals surface area contributed by atoms with E-state index in [0.29, 0.717) is 13.0 Å². The van der Waals surface area contributed by atoms with Crippen molar-refractivity contribution < 1.29 is 19.8 Å².